The summed E-state index contributed by atoms with van der Waals surface area (Å²) in [6.45, 7) is 4.96. The van der Waals surface area contributed by atoms with Gasteiger partial charge in [0, 0.05) is 48.6 Å². The third-order valence-corrected chi connectivity index (χ3v) is 7.80. The van der Waals surface area contributed by atoms with E-state index in [1.165, 1.54) is 11.3 Å². The summed E-state index contributed by atoms with van der Waals surface area (Å²) in [4.78, 5) is 48.7. The molecule has 9 heteroatoms. The van der Waals surface area contributed by atoms with Gasteiger partial charge in [-0.3, -0.25) is 14.6 Å². The summed E-state index contributed by atoms with van der Waals surface area (Å²) in [5.74, 6) is -0.268. The van der Waals surface area contributed by atoms with E-state index in [0.717, 1.165) is 29.1 Å². The standard InChI is InChI=1S/C29H30N4O4S/c1-18(2)37-29(36)20-7-9-22(10-8-20)31-27(35)25-17-38-28(32-25)19-11-13-33(14-12-19)26(34)15-21-16-30-24-6-4-3-5-23(21)24/h3-10,16-19,21H,11-15H2,1-2H3,(H,31,35). The van der Waals surface area contributed by atoms with Crippen molar-refractivity contribution in [2.24, 2.45) is 4.99 Å². The third kappa shape index (κ3) is 5.83. The van der Waals surface area contributed by atoms with Gasteiger partial charge in [-0.2, -0.15) is 0 Å². The molecule has 2 aliphatic heterocycles. The number of amides is 2. The number of aliphatic imine (C=N–C) groups is 1. The van der Waals surface area contributed by atoms with Crippen LogP contribution in [0.15, 0.2) is 58.9 Å². The number of thiazole rings is 1. The summed E-state index contributed by atoms with van der Waals surface area (Å²) in [5, 5.41) is 5.53. The first-order valence-corrected chi connectivity index (χ1v) is 13.7. The van der Waals surface area contributed by atoms with Crippen LogP contribution < -0.4 is 5.32 Å². The van der Waals surface area contributed by atoms with Crippen LogP contribution >= 0.6 is 11.3 Å². The summed E-state index contributed by atoms with van der Waals surface area (Å²) in [5.41, 5.74) is 3.45. The van der Waals surface area contributed by atoms with Crippen molar-refractivity contribution in [1.82, 2.24) is 9.88 Å². The van der Waals surface area contributed by atoms with Gasteiger partial charge in [0.2, 0.25) is 5.91 Å². The summed E-state index contributed by atoms with van der Waals surface area (Å²) in [6, 6.07) is 14.6. The maximum atomic E-state index is 13.0. The van der Waals surface area contributed by atoms with Crippen LogP contribution in [-0.4, -0.2) is 53.1 Å². The van der Waals surface area contributed by atoms with E-state index in [-0.39, 0.29) is 29.8 Å². The zero-order chi connectivity index (χ0) is 26.6. The van der Waals surface area contributed by atoms with Crippen LogP contribution in [0.5, 0.6) is 0 Å². The molecule has 0 bridgehead atoms. The van der Waals surface area contributed by atoms with Gasteiger partial charge in [-0.25, -0.2) is 9.78 Å². The predicted octanol–water partition coefficient (Wildman–Crippen LogP) is 5.56. The van der Waals surface area contributed by atoms with Crippen molar-refractivity contribution in [3.63, 3.8) is 0 Å². The number of carbonyl (C=O) groups is 3. The first-order chi connectivity index (χ1) is 18.4. The van der Waals surface area contributed by atoms with Gasteiger partial charge in [-0.1, -0.05) is 18.2 Å². The Morgan fingerprint density at radius 1 is 1.08 bits per heavy atom. The number of hydrogen-bond donors (Lipinski definition) is 1. The summed E-state index contributed by atoms with van der Waals surface area (Å²) < 4.78 is 5.19. The summed E-state index contributed by atoms with van der Waals surface area (Å²) in [7, 11) is 0. The fourth-order valence-electron chi connectivity index (χ4n) is 4.77. The van der Waals surface area contributed by atoms with Gasteiger partial charge in [0.15, 0.2) is 0 Å². The molecule has 2 aliphatic rings. The Balaban J connectivity index is 1.12. The number of anilines is 1. The summed E-state index contributed by atoms with van der Waals surface area (Å²) >= 11 is 1.48. The Morgan fingerprint density at radius 3 is 2.55 bits per heavy atom. The van der Waals surface area contributed by atoms with E-state index in [4.69, 9.17) is 4.74 Å². The molecule has 1 unspecified atom stereocenters. The predicted molar refractivity (Wildman–Crippen MR) is 148 cm³/mol. The molecule has 0 spiro atoms. The van der Waals surface area contributed by atoms with E-state index >= 15 is 0 Å². The second-order valence-corrected chi connectivity index (χ2v) is 10.7. The van der Waals surface area contributed by atoms with E-state index in [1.54, 1.807) is 43.5 Å². The molecule has 0 radical (unpaired) electrons. The second-order valence-electron chi connectivity index (χ2n) is 9.86. The maximum absolute atomic E-state index is 13.0. The number of nitrogens with one attached hydrogen (secondary N) is 1. The molecule has 1 N–H and O–H groups in total. The number of fused-ring (bicyclic) bond motifs is 1. The van der Waals surface area contributed by atoms with E-state index in [1.807, 2.05) is 35.4 Å². The topological polar surface area (TPSA) is 101 Å². The monoisotopic (exact) mass is 530 g/mol. The third-order valence-electron chi connectivity index (χ3n) is 6.80. The van der Waals surface area contributed by atoms with E-state index in [9.17, 15) is 14.4 Å². The highest BCUT2D eigenvalue weighted by Crippen LogP contribution is 2.35. The fourth-order valence-corrected chi connectivity index (χ4v) is 5.74. The Morgan fingerprint density at radius 2 is 1.82 bits per heavy atom. The Bertz CT molecular complexity index is 1360. The zero-order valence-electron chi connectivity index (χ0n) is 21.4. The fraction of sp³-hybridized carbons (Fsp3) is 0.345. The summed E-state index contributed by atoms with van der Waals surface area (Å²) in [6.07, 6.45) is 3.77. The number of piperidine rings is 1. The largest absolute Gasteiger partial charge is 0.459 e. The molecule has 1 saturated heterocycles. The lowest BCUT2D eigenvalue weighted by Crippen LogP contribution is -2.38. The smallest absolute Gasteiger partial charge is 0.338 e. The molecular weight excluding hydrogens is 500 g/mol. The van der Waals surface area contributed by atoms with Crippen LogP contribution in [0.3, 0.4) is 0 Å². The van der Waals surface area contributed by atoms with Gasteiger partial charge < -0.3 is 15.0 Å². The molecule has 5 rings (SSSR count). The molecule has 3 aromatic rings. The minimum absolute atomic E-state index is 0.0431. The number of hydrogen-bond acceptors (Lipinski definition) is 7. The van der Waals surface area contributed by atoms with Crippen LogP contribution in [0, 0.1) is 0 Å². The Labute approximate surface area is 225 Å². The molecule has 0 aliphatic carbocycles. The van der Waals surface area contributed by atoms with Crippen molar-refractivity contribution in [1.29, 1.82) is 0 Å². The maximum Gasteiger partial charge on any atom is 0.338 e. The Kier molecular flexibility index (Phi) is 7.64. The molecule has 196 valence electrons. The van der Waals surface area contributed by atoms with Crippen LogP contribution in [0.1, 0.15) is 76.4 Å². The number of para-hydroxylation sites is 1. The lowest BCUT2D eigenvalue weighted by Gasteiger charge is -2.31. The second kappa shape index (κ2) is 11.3. The van der Waals surface area contributed by atoms with Crippen molar-refractivity contribution >= 4 is 46.7 Å². The van der Waals surface area contributed by atoms with Crippen LogP contribution in [0.2, 0.25) is 0 Å². The molecule has 1 atom stereocenters. The normalized spacial score (nSPS) is 16.9. The highest BCUT2D eigenvalue weighted by Gasteiger charge is 2.29. The number of ether oxygens (including phenoxy) is 1. The minimum atomic E-state index is -0.396. The number of carbonyl (C=O) groups excluding carboxylic acids is 3. The van der Waals surface area contributed by atoms with E-state index in [0.29, 0.717) is 36.5 Å². The van der Waals surface area contributed by atoms with Crippen molar-refractivity contribution in [3.8, 4) is 0 Å². The lowest BCUT2D eigenvalue weighted by molar-refractivity contribution is -0.132. The van der Waals surface area contributed by atoms with Crippen molar-refractivity contribution in [3.05, 3.63) is 75.7 Å². The Hall–Kier alpha value is -3.85. The quantitative estimate of drug-likeness (QED) is 0.403. The van der Waals surface area contributed by atoms with Crippen LogP contribution in [0.25, 0.3) is 0 Å². The van der Waals surface area contributed by atoms with Crippen molar-refractivity contribution in [2.45, 2.75) is 51.0 Å². The van der Waals surface area contributed by atoms with Crippen LogP contribution in [-0.2, 0) is 9.53 Å². The minimum Gasteiger partial charge on any atom is -0.459 e. The van der Waals surface area contributed by atoms with Gasteiger partial charge >= 0.3 is 5.97 Å². The molecule has 8 nitrogen and oxygen atoms in total. The zero-order valence-corrected chi connectivity index (χ0v) is 22.2. The molecule has 2 amide bonds. The van der Waals surface area contributed by atoms with Crippen molar-refractivity contribution < 1.29 is 19.1 Å². The first-order valence-electron chi connectivity index (χ1n) is 12.9. The van der Waals surface area contributed by atoms with Gasteiger partial charge in [0.25, 0.3) is 5.91 Å². The number of nitrogens with zero attached hydrogens (tertiary/aromatic N) is 3. The van der Waals surface area contributed by atoms with Crippen molar-refractivity contribution in [2.75, 3.05) is 18.4 Å². The number of benzene rings is 2. The molecular formula is C29H30N4O4S. The lowest BCUT2D eigenvalue weighted by atomic mass is 9.94. The van der Waals surface area contributed by atoms with Gasteiger partial charge in [-0.05, 0) is 62.6 Å². The molecule has 0 saturated carbocycles. The molecule has 1 aromatic heterocycles. The average molecular weight is 531 g/mol. The van der Waals surface area contributed by atoms with Gasteiger partial charge in [-0.15, -0.1) is 11.3 Å². The van der Waals surface area contributed by atoms with Crippen LogP contribution in [0.4, 0.5) is 11.4 Å². The SMILES string of the molecule is CC(C)OC(=O)c1ccc(NC(=O)c2csc(C3CCN(C(=O)CC4C=Nc5ccccc54)CC3)n2)cc1. The molecule has 3 heterocycles. The number of rotatable bonds is 7. The molecule has 1 fully saturated rings. The first kappa shape index (κ1) is 25.8. The number of esters is 1. The van der Waals surface area contributed by atoms with E-state index < -0.39 is 5.97 Å². The molecule has 2 aromatic carbocycles. The number of likely N-dealkylation sites (tertiary alicyclic amines) is 1. The van der Waals surface area contributed by atoms with E-state index in [2.05, 4.69) is 15.3 Å². The number of aromatic nitrogens is 1. The highest BCUT2D eigenvalue weighted by molar-refractivity contribution is 7.10. The average Bonchev–Trinajstić information content (AvgIpc) is 3.57. The molecule has 38 heavy (non-hydrogen) atoms. The highest BCUT2D eigenvalue weighted by atomic mass is 32.1. The van der Waals surface area contributed by atoms with Gasteiger partial charge in [0.05, 0.1) is 22.4 Å². The van der Waals surface area contributed by atoms with Gasteiger partial charge in [0.1, 0.15) is 5.69 Å².